The first kappa shape index (κ1) is 28.9. The van der Waals surface area contributed by atoms with Gasteiger partial charge in [-0.25, -0.2) is 9.18 Å². The largest absolute Gasteiger partial charge is 0.487 e. The molecule has 2 aromatic rings. The Hall–Kier alpha value is -3.71. The molecule has 1 heterocycles. The van der Waals surface area contributed by atoms with Crippen molar-refractivity contribution in [3.05, 3.63) is 65.0 Å². The highest BCUT2D eigenvalue weighted by Gasteiger charge is 2.43. The van der Waals surface area contributed by atoms with Gasteiger partial charge in [-0.15, -0.1) is 0 Å². The first-order valence-electron chi connectivity index (χ1n) is 11.4. The van der Waals surface area contributed by atoms with Gasteiger partial charge in [0, 0.05) is 7.05 Å². The summed E-state index contributed by atoms with van der Waals surface area (Å²) in [6, 6.07) is 9.76. The van der Waals surface area contributed by atoms with Crippen LogP contribution in [0, 0.1) is 5.82 Å². The summed E-state index contributed by atoms with van der Waals surface area (Å²) in [6.07, 6.45) is -7.30. The number of hydrogen-bond donors (Lipinski definition) is 2. The monoisotopic (exact) mass is 542 g/mol. The molecule has 0 saturated carbocycles. The Morgan fingerprint density at radius 2 is 1.79 bits per heavy atom. The third-order valence-corrected chi connectivity index (χ3v) is 5.30. The van der Waals surface area contributed by atoms with E-state index in [0.717, 1.165) is 0 Å². The number of amides is 2. The van der Waals surface area contributed by atoms with Gasteiger partial charge in [0.2, 0.25) is 6.10 Å². The minimum absolute atomic E-state index is 0.107. The van der Waals surface area contributed by atoms with Crippen LogP contribution in [-0.4, -0.2) is 62.2 Å². The molecule has 0 bridgehead atoms. The topological polar surface area (TPSA) is 112 Å². The molecule has 38 heavy (non-hydrogen) atoms. The Morgan fingerprint density at radius 3 is 2.37 bits per heavy atom. The molecule has 13 heteroatoms. The van der Waals surface area contributed by atoms with Crippen molar-refractivity contribution >= 4 is 17.8 Å². The van der Waals surface area contributed by atoms with Crippen LogP contribution in [0.5, 0.6) is 5.75 Å². The fraction of sp³-hybridized carbons (Fsp3) is 0.400. The summed E-state index contributed by atoms with van der Waals surface area (Å²) in [5, 5.41) is 3.96. The van der Waals surface area contributed by atoms with Crippen LogP contribution in [0.2, 0.25) is 0 Å². The quantitative estimate of drug-likeness (QED) is 0.370. The van der Waals surface area contributed by atoms with E-state index in [0.29, 0.717) is 17.7 Å². The molecule has 1 saturated heterocycles. The Balaban J connectivity index is 1.97. The van der Waals surface area contributed by atoms with Crippen molar-refractivity contribution in [3.63, 3.8) is 0 Å². The van der Waals surface area contributed by atoms with Crippen LogP contribution in [0.25, 0.3) is 0 Å². The van der Waals surface area contributed by atoms with Crippen molar-refractivity contribution in [1.29, 1.82) is 0 Å². The molecule has 2 atom stereocenters. The lowest BCUT2D eigenvalue weighted by Crippen LogP contribution is -2.45. The Morgan fingerprint density at radius 1 is 1.13 bits per heavy atom. The lowest BCUT2D eigenvalue weighted by Gasteiger charge is -2.24. The van der Waals surface area contributed by atoms with E-state index >= 15 is 0 Å². The van der Waals surface area contributed by atoms with Crippen LogP contribution in [0.3, 0.4) is 0 Å². The molecule has 1 fully saturated rings. The van der Waals surface area contributed by atoms with E-state index in [1.54, 1.807) is 49.5 Å². The second-order valence-electron chi connectivity index (χ2n) is 8.71. The second-order valence-corrected chi connectivity index (χ2v) is 8.71. The zero-order chi connectivity index (χ0) is 28.1. The van der Waals surface area contributed by atoms with E-state index in [4.69, 9.17) is 18.9 Å². The number of esters is 1. The lowest BCUT2D eigenvalue weighted by molar-refractivity contribution is -0.159. The van der Waals surface area contributed by atoms with E-state index in [1.165, 1.54) is 7.05 Å². The van der Waals surface area contributed by atoms with Crippen molar-refractivity contribution in [2.24, 2.45) is 0 Å². The molecule has 9 nitrogen and oxygen atoms in total. The molecule has 3 rings (SSSR count). The average molecular weight is 542 g/mol. The van der Waals surface area contributed by atoms with Gasteiger partial charge in [0.05, 0.1) is 12.2 Å². The maximum absolute atomic E-state index is 14.5. The third-order valence-electron chi connectivity index (χ3n) is 5.30. The molecule has 0 spiro atoms. The van der Waals surface area contributed by atoms with Gasteiger partial charge in [0.15, 0.2) is 5.79 Å². The summed E-state index contributed by atoms with van der Waals surface area (Å²) in [7, 11) is 1.30. The summed E-state index contributed by atoms with van der Waals surface area (Å²) in [4.78, 5) is 38.3. The van der Waals surface area contributed by atoms with E-state index in [1.807, 2.05) is 0 Å². The number of carbonyl (C=O) groups excluding carboxylic acids is 3. The number of likely N-dealkylation sites (N-methyl/N-ethyl adjacent to an activating group) is 1. The van der Waals surface area contributed by atoms with Gasteiger partial charge in [-0.3, -0.25) is 9.59 Å². The fourth-order valence-corrected chi connectivity index (χ4v) is 3.56. The van der Waals surface area contributed by atoms with E-state index in [9.17, 15) is 31.9 Å². The number of carbonyl (C=O) groups is 3. The molecule has 0 aliphatic carbocycles. The Bertz CT molecular complexity index is 1170. The van der Waals surface area contributed by atoms with Crippen LogP contribution < -0.4 is 15.4 Å². The predicted molar refractivity (Wildman–Crippen MR) is 124 cm³/mol. The van der Waals surface area contributed by atoms with E-state index < -0.39 is 71.2 Å². The normalized spacial score (nSPS) is 17.4. The summed E-state index contributed by atoms with van der Waals surface area (Å²) < 4.78 is 74.7. The van der Waals surface area contributed by atoms with Crippen LogP contribution >= 0.6 is 0 Å². The van der Waals surface area contributed by atoms with Gasteiger partial charge < -0.3 is 29.6 Å². The second kappa shape index (κ2) is 11.8. The SMILES string of the molecule is CNC(=O)C(OC(=O)c1cc(F)cc(C(=O)NCC(F)(F)F)c1OCc1ccccc1)C1COC(C)(C)O1. The molecule has 2 N–H and O–H groups in total. The molecule has 2 aromatic carbocycles. The highest BCUT2D eigenvalue weighted by atomic mass is 19.4. The van der Waals surface area contributed by atoms with Crippen LogP contribution in [0.1, 0.15) is 40.1 Å². The van der Waals surface area contributed by atoms with E-state index in [-0.39, 0.29) is 13.2 Å². The van der Waals surface area contributed by atoms with Crippen LogP contribution in [0.15, 0.2) is 42.5 Å². The maximum atomic E-state index is 14.5. The van der Waals surface area contributed by atoms with Gasteiger partial charge in [0.1, 0.15) is 36.4 Å². The van der Waals surface area contributed by atoms with Crippen molar-refractivity contribution < 1.29 is 50.9 Å². The number of hydrogen-bond acceptors (Lipinski definition) is 7. The van der Waals surface area contributed by atoms with Gasteiger partial charge in [0.25, 0.3) is 11.8 Å². The Labute approximate surface area is 215 Å². The molecule has 2 amide bonds. The fourth-order valence-electron chi connectivity index (χ4n) is 3.56. The van der Waals surface area contributed by atoms with Crippen LogP contribution in [0.4, 0.5) is 17.6 Å². The molecule has 1 aliphatic rings. The third kappa shape index (κ3) is 7.65. The minimum atomic E-state index is -4.74. The first-order valence-corrected chi connectivity index (χ1v) is 11.4. The number of ether oxygens (including phenoxy) is 4. The highest BCUT2D eigenvalue weighted by molar-refractivity contribution is 6.03. The van der Waals surface area contributed by atoms with Gasteiger partial charge in [-0.1, -0.05) is 30.3 Å². The lowest BCUT2D eigenvalue weighted by atomic mass is 10.1. The highest BCUT2D eigenvalue weighted by Crippen LogP contribution is 2.30. The number of halogens is 4. The summed E-state index contributed by atoms with van der Waals surface area (Å²) in [6.45, 7) is 1.14. The molecular formula is C25H26F4N2O7. The standard InChI is InChI=1S/C25H26F4N2O7/c1-24(2)36-12-18(38-24)20(22(33)30-3)37-23(34)17-10-15(26)9-16(21(32)31-13-25(27,28)29)19(17)35-11-14-7-5-4-6-8-14/h4-10,18,20H,11-13H2,1-3H3,(H,30,33)(H,31,32). The zero-order valence-corrected chi connectivity index (χ0v) is 20.7. The van der Waals surface area contributed by atoms with Crippen molar-refractivity contribution in [1.82, 2.24) is 10.6 Å². The van der Waals surface area contributed by atoms with Crippen LogP contribution in [-0.2, 0) is 25.6 Å². The Kier molecular flexibility index (Phi) is 8.94. The molecule has 0 radical (unpaired) electrons. The zero-order valence-electron chi connectivity index (χ0n) is 20.7. The molecular weight excluding hydrogens is 516 g/mol. The number of alkyl halides is 3. The van der Waals surface area contributed by atoms with Crippen molar-refractivity contribution in [2.45, 2.75) is 44.6 Å². The average Bonchev–Trinajstić information content (AvgIpc) is 3.23. The number of benzene rings is 2. The summed E-state index contributed by atoms with van der Waals surface area (Å²) >= 11 is 0. The predicted octanol–water partition coefficient (Wildman–Crippen LogP) is 3.12. The molecule has 2 unspecified atom stereocenters. The minimum Gasteiger partial charge on any atom is -0.487 e. The summed E-state index contributed by atoms with van der Waals surface area (Å²) in [5.41, 5.74) is -0.708. The molecule has 1 aliphatic heterocycles. The number of nitrogens with one attached hydrogen (secondary N) is 2. The van der Waals surface area contributed by atoms with Crippen molar-refractivity contribution in [2.75, 3.05) is 20.2 Å². The number of rotatable bonds is 9. The van der Waals surface area contributed by atoms with Crippen molar-refractivity contribution in [3.8, 4) is 5.75 Å². The smallest absolute Gasteiger partial charge is 0.405 e. The first-order chi connectivity index (χ1) is 17.8. The molecule has 0 aromatic heterocycles. The van der Waals surface area contributed by atoms with Gasteiger partial charge >= 0.3 is 12.1 Å². The summed E-state index contributed by atoms with van der Waals surface area (Å²) in [5.74, 6) is -6.10. The molecule has 206 valence electrons. The van der Waals surface area contributed by atoms with E-state index in [2.05, 4.69) is 5.32 Å². The van der Waals surface area contributed by atoms with Gasteiger partial charge in [-0.2, -0.15) is 13.2 Å². The van der Waals surface area contributed by atoms with Gasteiger partial charge in [-0.05, 0) is 31.5 Å². The maximum Gasteiger partial charge on any atom is 0.405 e.